The maximum absolute atomic E-state index is 11.5. The van der Waals surface area contributed by atoms with E-state index in [1.807, 2.05) is 0 Å². The number of carbonyl (C=O) groups excluding carboxylic acids is 1. The molecule has 1 heterocycles. The highest BCUT2D eigenvalue weighted by Crippen LogP contribution is 2.37. The molecule has 1 fully saturated rings. The Morgan fingerprint density at radius 3 is 3.00 bits per heavy atom. The summed E-state index contributed by atoms with van der Waals surface area (Å²) in [5.41, 5.74) is 1.40. The van der Waals surface area contributed by atoms with Gasteiger partial charge in [0.05, 0.1) is 0 Å². The van der Waals surface area contributed by atoms with Crippen LogP contribution in [0.3, 0.4) is 0 Å². The van der Waals surface area contributed by atoms with Crippen LogP contribution in [0.25, 0.3) is 10.1 Å². The van der Waals surface area contributed by atoms with E-state index >= 15 is 0 Å². The lowest BCUT2D eigenvalue weighted by atomic mass is 9.83. The SMILES string of the molecule is O=C1CCCC(c2csc3ccccc23)C1. The third-order valence-corrected chi connectivity index (χ3v) is 4.41. The minimum absolute atomic E-state index is 0.437. The number of thiophene rings is 1. The lowest BCUT2D eigenvalue weighted by Crippen LogP contribution is -2.12. The second kappa shape index (κ2) is 4.02. The lowest BCUT2D eigenvalue weighted by Gasteiger charge is -2.20. The van der Waals surface area contributed by atoms with Crippen LogP contribution in [0.4, 0.5) is 0 Å². The maximum atomic E-state index is 11.5. The summed E-state index contributed by atoms with van der Waals surface area (Å²) in [5, 5.41) is 3.60. The van der Waals surface area contributed by atoms with Crippen LogP contribution >= 0.6 is 11.3 Å². The maximum Gasteiger partial charge on any atom is 0.133 e. The van der Waals surface area contributed by atoms with Crippen molar-refractivity contribution in [2.45, 2.75) is 31.6 Å². The van der Waals surface area contributed by atoms with E-state index < -0.39 is 0 Å². The van der Waals surface area contributed by atoms with Crippen LogP contribution < -0.4 is 0 Å². The molecule has 1 nitrogen and oxygen atoms in total. The Labute approximate surface area is 99.1 Å². The van der Waals surface area contributed by atoms with Gasteiger partial charge in [0.25, 0.3) is 0 Å². The van der Waals surface area contributed by atoms with Gasteiger partial charge >= 0.3 is 0 Å². The van der Waals surface area contributed by atoms with E-state index in [0.717, 1.165) is 19.3 Å². The van der Waals surface area contributed by atoms with E-state index in [-0.39, 0.29) is 0 Å². The molecule has 3 rings (SSSR count). The van der Waals surface area contributed by atoms with Gasteiger partial charge in [-0.25, -0.2) is 0 Å². The second-order valence-corrected chi connectivity index (χ2v) is 5.43. The summed E-state index contributed by atoms with van der Waals surface area (Å²) in [7, 11) is 0. The summed E-state index contributed by atoms with van der Waals surface area (Å²) in [4.78, 5) is 11.5. The van der Waals surface area contributed by atoms with Crippen molar-refractivity contribution in [3.63, 3.8) is 0 Å². The summed E-state index contributed by atoms with van der Waals surface area (Å²) in [6.45, 7) is 0. The molecular weight excluding hydrogens is 216 g/mol. The van der Waals surface area contributed by atoms with Gasteiger partial charge in [0, 0.05) is 17.5 Å². The monoisotopic (exact) mass is 230 g/mol. The van der Waals surface area contributed by atoms with E-state index in [2.05, 4.69) is 29.6 Å². The second-order valence-electron chi connectivity index (χ2n) is 4.52. The highest BCUT2D eigenvalue weighted by atomic mass is 32.1. The molecule has 1 aliphatic carbocycles. The van der Waals surface area contributed by atoms with Gasteiger partial charge in [0.2, 0.25) is 0 Å². The Balaban J connectivity index is 2.02. The van der Waals surface area contributed by atoms with Crippen molar-refractivity contribution in [3.8, 4) is 0 Å². The van der Waals surface area contributed by atoms with E-state index in [0.29, 0.717) is 11.7 Å². The molecule has 0 N–H and O–H groups in total. The first kappa shape index (κ1) is 10.0. The number of rotatable bonds is 1. The van der Waals surface area contributed by atoms with Crippen molar-refractivity contribution < 1.29 is 4.79 Å². The number of fused-ring (bicyclic) bond motifs is 1. The van der Waals surface area contributed by atoms with Gasteiger partial charge in [-0.1, -0.05) is 18.2 Å². The van der Waals surface area contributed by atoms with Crippen molar-refractivity contribution in [3.05, 3.63) is 35.2 Å². The van der Waals surface area contributed by atoms with Gasteiger partial charge < -0.3 is 0 Å². The minimum Gasteiger partial charge on any atom is -0.300 e. The fraction of sp³-hybridized carbons (Fsp3) is 0.357. The van der Waals surface area contributed by atoms with Gasteiger partial charge in [-0.3, -0.25) is 4.79 Å². The van der Waals surface area contributed by atoms with Crippen LogP contribution in [0.15, 0.2) is 29.6 Å². The molecule has 0 saturated heterocycles. The average Bonchev–Trinajstić information content (AvgIpc) is 2.72. The quantitative estimate of drug-likeness (QED) is 0.720. The minimum atomic E-state index is 0.437. The van der Waals surface area contributed by atoms with Crippen LogP contribution in [0, 0.1) is 0 Å². The van der Waals surface area contributed by atoms with Crippen LogP contribution in [-0.2, 0) is 4.79 Å². The number of ketones is 1. The van der Waals surface area contributed by atoms with Crippen molar-refractivity contribution in [2.24, 2.45) is 0 Å². The fourth-order valence-corrected chi connectivity index (χ4v) is 3.65. The molecule has 1 aromatic heterocycles. The van der Waals surface area contributed by atoms with Crippen LogP contribution in [0.1, 0.15) is 37.2 Å². The van der Waals surface area contributed by atoms with Crippen molar-refractivity contribution in [1.82, 2.24) is 0 Å². The third-order valence-electron chi connectivity index (χ3n) is 3.43. The molecule has 1 atom stereocenters. The van der Waals surface area contributed by atoms with Gasteiger partial charge in [0.1, 0.15) is 5.78 Å². The Bertz CT molecular complexity index is 526. The molecule has 16 heavy (non-hydrogen) atoms. The molecule has 0 spiro atoms. The first-order valence-corrected chi connectivity index (χ1v) is 6.70. The number of benzene rings is 1. The molecule has 1 unspecified atom stereocenters. The van der Waals surface area contributed by atoms with Crippen LogP contribution in [0.5, 0.6) is 0 Å². The highest BCUT2D eigenvalue weighted by Gasteiger charge is 2.22. The predicted octanol–water partition coefficient (Wildman–Crippen LogP) is 4.13. The van der Waals surface area contributed by atoms with E-state index in [9.17, 15) is 4.79 Å². The number of hydrogen-bond acceptors (Lipinski definition) is 2. The molecule has 0 amide bonds. The molecule has 1 saturated carbocycles. The summed E-state index contributed by atoms with van der Waals surface area (Å²) in [6.07, 6.45) is 3.78. The smallest absolute Gasteiger partial charge is 0.133 e. The van der Waals surface area contributed by atoms with E-state index in [1.165, 1.54) is 22.1 Å². The van der Waals surface area contributed by atoms with E-state index in [4.69, 9.17) is 0 Å². The summed E-state index contributed by atoms with van der Waals surface area (Å²) in [5.74, 6) is 0.906. The van der Waals surface area contributed by atoms with Gasteiger partial charge in [-0.2, -0.15) is 0 Å². The van der Waals surface area contributed by atoms with Crippen LogP contribution in [0.2, 0.25) is 0 Å². The Morgan fingerprint density at radius 2 is 2.12 bits per heavy atom. The summed E-state index contributed by atoms with van der Waals surface area (Å²) >= 11 is 1.80. The predicted molar refractivity (Wildman–Crippen MR) is 68.0 cm³/mol. The first-order valence-electron chi connectivity index (χ1n) is 5.82. The highest BCUT2D eigenvalue weighted by molar-refractivity contribution is 7.17. The standard InChI is InChI=1S/C14H14OS/c15-11-5-3-4-10(8-11)13-9-16-14-7-2-1-6-12(13)14/h1-2,6-7,9-10H,3-5,8H2. The zero-order valence-corrected chi connectivity index (χ0v) is 9.93. The number of carbonyl (C=O) groups is 1. The summed E-state index contributed by atoms with van der Waals surface area (Å²) < 4.78 is 1.34. The van der Waals surface area contributed by atoms with Crippen molar-refractivity contribution in [2.75, 3.05) is 0 Å². The first-order chi connectivity index (χ1) is 7.84. The molecular formula is C14H14OS. The molecule has 0 radical (unpaired) electrons. The molecule has 1 aromatic carbocycles. The Kier molecular flexibility index (Phi) is 2.52. The molecule has 0 aliphatic heterocycles. The normalized spacial score (nSPS) is 21.5. The number of hydrogen-bond donors (Lipinski definition) is 0. The van der Waals surface area contributed by atoms with Gasteiger partial charge in [-0.05, 0) is 41.2 Å². The van der Waals surface area contributed by atoms with Crippen LogP contribution in [-0.4, -0.2) is 5.78 Å². The zero-order valence-electron chi connectivity index (χ0n) is 9.11. The number of Topliss-reactive ketones (excluding diaryl/α,β-unsaturated/α-hetero) is 1. The fourth-order valence-electron chi connectivity index (χ4n) is 2.60. The van der Waals surface area contributed by atoms with Crippen molar-refractivity contribution >= 4 is 27.2 Å². The molecule has 2 aromatic rings. The lowest BCUT2D eigenvalue weighted by molar-refractivity contribution is -0.120. The third kappa shape index (κ3) is 1.67. The zero-order chi connectivity index (χ0) is 11.0. The topological polar surface area (TPSA) is 17.1 Å². The largest absolute Gasteiger partial charge is 0.300 e. The van der Waals surface area contributed by atoms with Gasteiger partial charge in [-0.15, -0.1) is 11.3 Å². The Hall–Kier alpha value is -1.15. The Morgan fingerprint density at radius 1 is 1.25 bits per heavy atom. The summed E-state index contributed by atoms with van der Waals surface area (Å²) in [6, 6.07) is 8.51. The van der Waals surface area contributed by atoms with Crippen molar-refractivity contribution in [1.29, 1.82) is 0 Å². The molecule has 82 valence electrons. The molecule has 0 bridgehead atoms. The molecule has 1 aliphatic rings. The molecule has 2 heteroatoms. The average molecular weight is 230 g/mol. The van der Waals surface area contributed by atoms with E-state index in [1.54, 1.807) is 11.3 Å². The van der Waals surface area contributed by atoms with Gasteiger partial charge in [0.15, 0.2) is 0 Å².